The first kappa shape index (κ1) is 67.5. The molecule has 1 atom stereocenters. The summed E-state index contributed by atoms with van der Waals surface area (Å²) in [5.74, 6) is -0.618. The van der Waals surface area contributed by atoms with Crippen molar-refractivity contribution in [3.63, 3.8) is 0 Å². The Balaban J connectivity index is 3.60. The molecule has 0 aromatic heterocycles. The van der Waals surface area contributed by atoms with Crippen LogP contribution >= 0.6 is 0 Å². The molecule has 1 unspecified atom stereocenters. The smallest absolute Gasteiger partial charge is 0.306 e. The lowest BCUT2D eigenvalue weighted by molar-refractivity contribution is -0.161. The number of allylic oxidation sites excluding steroid dienone is 26. The van der Waals surface area contributed by atoms with Gasteiger partial charge in [-0.05, 0) is 122 Å². The van der Waals surface area contributed by atoms with Crippen LogP contribution < -0.4 is 0 Å². The monoisotopic (exact) mass is 991 g/mol. The molecule has 1 N–H and O–H groups in total. The Morgan fingerprint density at radius 3 is 0.833 bits per heavy atom. The maximum Gasteiger partial charge on any atom is 0.306 e. The van der Waals surface area contributed by atoms with Crippen LogP contribution in [0, 0.1) is 0 Å². The molecule has 0 aliphatic heterocycles. The Morgan fingerprint density at radius 1 is 0.319 bits per heavy atom. The average molecular weight is 992 g/mol. The minimum absolute atomic E-state index is 0.0832. The molecule has 0 spiro atoms. The van der Waals surface area contributed by atoms with Crippen LogP contribution in [0.4, 0.5) is 0 Å². The number of esters is 2. The van der Waals surface area contributed by atoms with Crippen molar-refractivity contribution in [2.75, 3.05) is 13.2 Å². The highest BCUT2D eigenvalue weighted by atomic mass is 16.6. The summed E-state index contributed by atoms with van der Waals surface area (Å²) in [6.07, 6.45) is 93.5. The Hall–Kier alpha value is -4.48. The van der Waals surface area contributed by atoms with Crippen LogP contribution in [0.25, 0.3) is 0 Å². The van der Waals surface area contributed by atoms with Crippen LogP contribution in [0.15, 0.2) is 158 Å². The van der Waals surface area contributed by atoms with Crippen LogP contribution in [0.5, 0.6) is 0 Å². The van der Waals surface area contributed by atoms with E-state index in [1.165, 1.54) is 77.0 Å². The number of rotatable bonds is 51. The van der Waals surface area contributed by atoms with Crippen molar-refractivity contribution < 1.29 is 24.2 Å². The molecule has 0 aliphatic carbocycles. The van der Waals surface area contributed by atoms with E-state index in [9.17, 15) is 14.7 Å². The van der Waals surface area contributed by atoms with E-state index < -0.39 is 6.10 Å². The lowest BCUT2D eigenvalue weighted by atomic mass is 10.0. The number of aliphatic hydroxyl groups excluding tert-OH is 1. The second-order valence-electron chi connectivity index (χ2n) is 18.6. The summed E-state index contributed by atoms with van der Waals surface area (Å²) in [6.45, 7) is 3.89. The molecule has 0 heterocycles. The Bertz CT molecular complexity index is 1590. The number of carbonyl (C=O) groups excluding carboxylic acids is 2. The van der Waals surface area contributed by atoms with Gasteiger partial charge >= 0.3 is 11.9 Å². The van der Waals surface area contributed by atoms with Crippen molar-refractivity contribution in [1.82, 2.24) is 0 Å². The van der Waals surface area contributed by atoms with Crippen molar-refractivity contribution in [2.45, 2.75) is 238 Å². The molecule has 5 nitrogen and oxygen atoms in total. The number of carbonyl (C=O) groups is 2. The molecule has 0 fully saturated rings. The average Bonchev–Trinajstić information content (AvgIpc) is 3.38. The van der Waals surface area contributed by atoms with Crippen molar-refractivity contribution in [3.05, 3.63) is 158 Å². The van der Waals surface area contributed by atoms with Crippen molar-refractivity contribution in [2.24, 2.45) is 0 Å². The maximum atomic E-state index is 12.3. The van der Waals surface area contributed by atoms with Gasteiger partial charge in [-0.15, -0.1) is 0 Å². The number of unbranched alkanes of at least 4 members (excludes halogenated alkanes) is 17. The van der Waals surface area contributed by atoms with Gasteiger partial charge in [0.05, 0.1) is 6.61 Å². The van der Waals surface area contributed by atoms with Crippen LogP contribution in [-0.2, 0) is 19.1 Å². The SMILES string of the molecule is CC/C=C\C/C=C\C/C=C\C/C=C\C/C=C\C/C=C\C/C=C\C/C=C\CCCCCCCCCCCCC(=O)OC(CO)COC(=O)CCCCCCCCC/C=C\C/C=C\C/C=C\C/C=C\C/C=C\CC. The van der Waals surface area contributed by atoms with Gasteiger partial charge in [0.1, 0.15) is 6.61 Å². The van der Waals surface area contributed by atoms with Gasteiger partial charge in [0, 0.05) is 12.8 Å². The van der Waals surface area contributed by atoms with E-state index in [1.54, 1.807) is 0 Å². The van der Waals surface area contributed by atoms with E-state index in [0.717, 1.165) is 128 Å². The number of ether oxygens (including phenoxy) is 2. The zero-order valence-electron chi connectivity index (χ0n) is 46.1. The summed E-state index contributed by atoms with van der Waals surface area (Å²) in [4.78, 5) is 24.5. The lowest BCUT2D eigenvalue weighted by Crippen LogP contribution is -2.28. The van der Waals surface area contributed by atoms with Gasteiger partial charge in [-0.1, -0.05) is 255 Å². The molecule has 0 aromatic carbocycles. The number of hydrogen-bond acceptors (Lipinski definition) is 5. The summed E-state index contributed by atoms with van der Waals surface area (Å²) >= 11 is 0. The van der Waals surface area contributed by atoms with Crippen LogP contribution in [0.2, 0.25) is 0 Å². The Morgan fingerprint density at radius 2 is 0.556 bits per heavy atom. The normalized spacial score (nSPS) is 13.4. The second-order valence-corrected chi connectivity index (χ2v) is 18.6. The van der Waals surface area contributed by atoms with Gasteiger partial charge in [0.2, 0.25) is 0 Å². The first-order valence-electron chi connectivity index (χ1n) is 29.0. The Kier molecular flexibility index (Phi) is 57.0. The minimum Gasteiger partial charge on any atom is -0.462 e. The van der Waals surface area contributed by atoms with Crippen LogP contribution in [0.3, 0.4) is 0 Å². The van der Waals surface area contributed by atoms with Crippen molar-refractivity contribution in [1.29, 1.82) is 0 Å². The third-order valence-corrected chi connectivity index (χ3v) is 11.8. The molecule has 0 aliphatic rings. The Labute approximate surface area is 443 Å². The summed E-state index contributed by atoms with van der Waals surface area (Å²) in [5.41, 5.74) is 0. The number of hydrogen-bond donors (Lipinski definition) is 1. The van der Waals surface area contributed by atoms with Crippen LogP contribution in [0.1, 0.15) is 232 Å². The van der Waals surface area contributed by atoms with Crippen LogP contribution in [-0.4, -0.2) is 36.4 Å². The van der Waals surface area contributed by atoms with Gasteiger partial charge in [0.15, 0.2) is 6.10 Å². The van der Waals surface area contributed by atoms with E-state index in [1.807, 2.05) is 0 Å². The van der Waals surface area contributed by atoms with E-state index >= 15 is 0 Å². The molecule has 5 heteroatoms. The fourth-order valence-corrected chi connectivity index (χ4v) is 7.54. The topological polar surface area (TPSA) is 72.8 Å². The highest BCUT2D eigenvalue weighted by Gasteiger charge is 2.16. The maximum absolute atomic E-state index is 12.3. The molecule has 0 radical (unpaired) electrons. The van der Waals surface area contributed by atoms with Gasteiger partial charge in [-0.3, -0.25) is 9.59 Å². The standard InChI is InChI=1S/C67H106O5/c1-3-5-7-9-11-13-15-17-19-21-23-25-27-28-29-30-31-32-33-34-35-36-37-38-40-42-44-46-48-50-52-54-56-58-60-62-67(70)72-65(63-68)64-71-66(69)61-59-57-55-53-51-49-47-45-43-41-39-26-24-22-20-18-16-14-12-10-8-6-4-2/h5-8,11-14,17-20,23-26,28-29,31-32,34-35,37-38,41,43,65,68H,3-4,9-10,15-16,21-22,27,30,33,36,39-40,42,44-64H2,1-2H3/b7-5-,8-6-,13-11-,14-12-,19-17-,20-18-,25-23-,26-24-,29-28-,32-31-,35-34-,38-37-,43-41-. The molecule has 72 heavy (non-hydrogen) atoms. The highest BCUT2D eigenvalue weighted by molar-refractivity contribution is 5.70. The third-order valence-electron chi connectivity index (χ3n) is 11.8. The van der Waals surface area contributed by atoms with E-state index in [-0.39, 0.29) is 25.2 Å². The molecular weight excluding hydrogens is 885 g/mol. The fraction of sp³-hybridized carbons (Fsp3) is 0.582. The molecule has 0 amide bonds. The first-order valence-corrected chi connectivity index (χ1v) is 29.0. The minimum atomic E-state index is -0.792. The molecule has 0 saturated heterocycles. The summed E-state index contributed by atoms with van der Waals surface area (Å²) in [7, 11) is 0. The lowest BCUT2D eigenvalue weighted by Gasteiger charge is -2.15. The summed E-state index contributed by atoms with van der Waals surface area (Å²) in [5, 5.41) is 9.66. The van der Waals surface area contributed by atoms with E-state index in [2.05, 4.69) is 172 Å². The predicted molar refractivity (Wildman–Crippen MR) is 315 cm³/mol. The molecule has 0 rings (SSSR count). The number of aliphatic hydroxyl groups is 1. The predicted octanol–water partition coefficient (Wildman–Crippen LogP) is 20.0. The molecule has 404 valence electrons. The van der Waals surface area contributed by atoms with Gasteiger partial charge < -0.3 is 14.6 Å². The van der Waals surface area contributed by atoms with Gasteiger partial charge in [-0.2, -0.15) is 0 Å². The highest BCUT2D eigenvalue weighted by Crippen LogP contribution is 2.14. The zero-order valence-corrected chi connectivity index (χ0v) is 46.1. The fourth-order valence-electron chi connectivity index (χ4n) is 7.54. The van der Waals surface area contributed by atoms with Gasteiger partial charge in [-0.25, -0.2) is 0 Å². The van der Waals surface area contributed by atoms with E-state index in [4.69, 9.17) is 9.47 Å². The molecule has 0 saturated carbocycles. The molecular formula is C67H106O5. The largest absolute Gasteiger partial charge is 0.462 e. The zero-order chi connectivity index (χ0) is 52.0. The first-order chi connectivity index (χ1) is 35.6. The summed E-state index contributed by atoms with van der Waals surface area (Å²) < 4.78 is 10.7. The summed E-state index contributed by atoms with van der Waals surface area (Å²) in [6, 6.07) is 0. The van der Waals surface area contributed by atoms with Gasteiger partial charge in [0.25, 0.3) is 0 Å². The molecule has 0 aromatic rings. The van der Waals surface area contributed by atoms with Crippen molar-refractivity contribution in [3.8, 4) is 0 Å². The second kappa shape index (κ2) is 60.8. The van der Waals surface area contributed by atoms with E-state index in [0.29, 0.717) is 12.8 Å². The van der Waals surface area contributed by atoms with Crippen molar-refractivity contribution >= 4 is 11.9 Å². The molecule has 0 bridgehead atoms. The quantitative estimate of drug-likeness (QED) is 0.0373. The third kappa shape index (κ3) is 58.1.